The summed E-state index contributed by atoms with van der Waals surface area (Å²) in [5.41, 5.74) is 2.06. The number of nitrogens with zero attached hydrogens (tertiary/aromatic N) is 1. The molecule has 1 amide bonds. The second kappa shape index (κ2) is 6.35. The quantitative estimate of drug-likeness (QED) is 0.728. The molecule has 0 radical (unpaired) electrons. The van der Waals surface area contributed by atoms with Crippen LogP contribution in [0.25, 0.3) is 11.5 Å². The number of carbonyl (C=O) groups is 1. The molecular formula is C20H18N2O4S. The van der Waals surface area contributed by atoms with Gasteiger partial charge < -0.3 is 9.73 Å². The van der Waals surface area contributed by atoms with Gasteiger partial charge in [0.1, 0.15) is 6.26 Å². The van der Waals surface area contributed by atoms with Crippen LogP contribution in [0.5, 0.6) is 0 Å². The van der Waals surface area contributed by atoms with E-state index >= 15 is 0 Å². The maximum Gasteiger partial charge on any atom is 0.246 e. The van der Waals surface area contributed by atoms with Crippen LogP contribution in [0.3, 0.4) is 0 Å². The van der Waals surface area contributed by atoms with Crippen LogP contribution in [0.1, 0.15) is 18.4 Å². The minimum Gasteiger partial charge on any atom is -0.445 e. The molecule has 4 rings (SSSR count). The summed E-state index contributed by atoms with van der Waals surface area (Å²) in [6.45, 7) is 1.83. The Morgan fingerprint density at radius 1 is 1.11 bits per heavy atom. The first-order valence-electron chi connectivity index (χ1n) is 8.56. The third-order valence-electron chi connectivity index (χ3n) is 4.93. The molecule has 1 saturated carbocycles. The van der Waals surface area contributed by atoms with Gasteiger partial charge in [0.05, 0.1) is 11.1 Å². The summed E-state index contributed by atoms with van der Waals surface area (Å²) < 4.78 is 29.9. The van der Waals surface area contributed by atoms with Crippen molar-refractivity contribution in [3.8, 4) is 11.5 Å². The Balaban J connectivity index is 1.65. The van der Waals surface area contributed by atoms with Crippen molar-refractivity contribution in [3.63, 3.8) is 0 Å². The van der Waals surface area contributed by atoms with Gasteiger partial charge in [-0.3, -0.25) is 4.79 Å². The van der Waals surface area contributed by atoms with Crippen molar-refractivity contribution in [1.29, 1.82) is 0 Å². The van der Waals surface area contributed by atoms with Crippen molar-refractivity contribution in [2.75, 3.05) is 5.32 Å². The molecule has 1 fully saturated rings. The van der Waals surface area contributed by atoms with Crippen LogP contribution in [-0.2, 0) is 14.6 Å². The fraction of sp³-hybridized carbons (Fsp3) is 0.200. The molecule has 1 heterocycles. The normalized spacial score (nSPS) is 15.3. The molecule has 0 bridgehead atoms. The van der Waals surface area contributed by atoms with E-state index in [-0.39, 0.29) is 4.90 Å². The van der Waals surface area contributed by atoms with Gasteiger partial charge in [0.15, 0.2) is 14.6 Å². The second-order valence-electron chi connectivity index (χ2n) is 6.58. The zero-order valence-electron chi connectivity index (χ0n) is 14.7. The number of rotatable bonds is 5. The molecule has 0 aliphatic heterocycles. The van der Waals surface area contributed by atoms with E-state index in [4.69, 9.17) is 4.42 Å². The standard InChI is InChI=1S/C20H18N2O4S/c1-14-16(18-21-12-13-26-18)8-5-9-17(14)22-19(23)20(10-11-20)27(24,25)15-6-3-2-4-7-15/h2-9,12-13H,10-11H2,1H3,(H,22,23). The molecular weight excluding hydrogens is 364 g/mol. The third kappa shape index (κ3) is 2.84. The summed E-state index contributed by atoms with van der Waals surface area (Å²) in [6.07, 6.45) is 3.65. The maximum absolute atomic E-state index is 13.0. The van der Waals surface area contributed by atoms with Crippen molar-refractivity contribution >= 4 is 21.4 Å². The van der Waals surface area contributed by atoms with Crippen molar-refractivity contribution in [2.45, 2.75) is 29.4 Å². The number of hydrogen-bond donors (Lipinski definition) is 1. The first-order chi connectivity index (χ1) is 13.0. The number of nitrogens with one attached hydrogen (secondary N) is 1. The van der Waals surface area contributed by atoms with Gasteiger partial charge in [0.25, 0.3) is 0 Å². The number of aromatic nitrogens is 1. The van der Waals surface area contributed by atoms with Crippen molar-refractivity contribution < 1.29 is 17.6 Å². The van der Waals surface area contributed by atoms with E-state index in [2.05, 4.69) is 10.3 Å². The van der Waals surface area contributed by atoms with E-state index in [1.165, 1.54) is 18.4 Å². The molecule has 0 unspecified atom stereocenters. The molecule has 6 nitrogen and oxygen atoms in total. The number of carbonyl (C=O) groups excluding carboxylic acids is 1. The molecule has 0 spiro atoms. The predicted molar refractivity (Wildman–Crippen MR) is 101 cm³/mol. The number of amides is 1. The molecule has 1 aromatic heterocycles. The van der Waals surface area contributed by atoms with Crippen molar-refractivity contribution in [2.24, 2.45) is 0 Å². The molecule has 1 N–H and O–H groups in total. The molecule has 2 aromatic carbocycles. The van der Waals surface area contributed by atoms with Crippen molar-refractivity contribution in [3.05, 3.63) is 66.6 Å². The lowest BCUT2D eigenvalue weighted by molar-refractivity contribution is -0.116. The minimum absolute atomic E-state index is 0.169. The Kier molecular flexibility index (Phi) is 4.11. The van der Waals surface area contributed by atoms with Gasteiger partial charge in [-0.05, 0) is 49.6 Å². The Morgan fingerprint density at radius 2 is 1.85 bits per heavy atom. The highest BCUT2D eigenvalue weighted by Gasteiger charge is 2.61. The summed E-state index contributed by atoms with van der Waals surface area (Å²) in [5.74, 6) is -0.0550. The molecule has 0 atom stereocenters. The third-order valence-corrected chi connectivity index (χ3v) is 7.45. The lowest BCUT2D eigenvalue weighted by Gasteiger charge is -2.18. The summed E-state index contributed by atoms with van der Waals surface area (Å²) in [7, 11) is -3.76. The Bertz CT molecular complexity index is 1090. The highest BCUT2D eigenvalue weighted by molar-refractivity contribution is 7.94. The Labute approximate surface area is 157 Å². The summed E-state index contributed by atoms with van der Waals surface area (Å²) in [5, 5.41) is 2.80. The van der Waals surface area contributed by atoms with Crippen LogP contribution in [-0.4, -0.2) is 24.1 Å². The Morgan fingerprint density at radius 3 is 2.48 bits per heavy atom. The zero-order valence-corrected chi connectivity index (χ0v) is 15.5. The monoisotopic (exact) mass is 382 g/mol. The maximum atomic E-state index is 13.0. The van der Waals surface area contributed by atoms with Crippen molar-refractivity contribution in [1.82, 2.24) is 4.98 Å². The van der Waals surface area contributed by atoms with Gasteiger partial charge in [-0.1, -0.05) is 24.3 Å². The molecule has 3 aromatic rings. The average molecular weight is 382 g/mol. The summed E-state index contributed by atoms with van der Waals surface area (Å²) in [6, 6.07) is 13.5. The number of hydrogen-bond acceptors (Lipinski definition) is 5. The fourth-order valence-corrected chi connectivity index (χ4v) is 5.05. The van der Waals surface area contributed by atoms with Gasteiger partial charge in [-0.15, -0.1) is 0 Å². The van der Waals surface area contributed by atoms with E-state index in [9.17, 15) is 13.2 Å². The van der Waals surface area contributed by atoms with Crippen LogP contribution in [0.15, 0.2) is 70.3 Å². The lowest BCUT2D eigenvalue weighted by atomic mass is 10.1. The smallest absolute Gasteiger partial charge is 0.246 e. The largest absolute Gasteiger partial charge is 0.445 e. The van der Waals surface area contributed by atoms with Gasteiger partial charge in [-0.25, -0.2) is 13.4 Å². The lowest BCUT2D eigenvalue weighted by Crippen LogP contribution is -2.37. The highest BCUT2D eigenvalue weighted by Crippen LogP contribution is 2.47. The number of anilines is 1. The van der Waals surface area contributed by atoms with Crippen LogP contribution < -0.4 is 5.32 Å². The van der Waals surface area contributed by atoms with Crippen LogP contribution in [0, 0.1) is 6.92 Å². The molecule has 1 aliphatic carbocycles. The number of oxazole rings is 1. The van der Waals surface area contributed by atoms with Crippen LogP contribution in [0.2, 0.25) is 0 Å². The summed E-state index contributed by atoms with van der Waals surface area (Å²) in [4.78, 5) is 17.2. The van der Waals surface area contributed by atoms with E-state index in [0.717, 1.165) is 11.1 Å². The molecule has 0 saturated heterocycles. The van der Waals surface area contributed by atoms with E-state index in [1.54, 1.807) is 36.5 Å². The first kappa shape index (κ1) is 17.5. The molecule has 7 heteroatoms. The topological polar surface area (TPSA) is 89.3 Å². The number of sulfone groups is 1. The van der Waals surface area contributed by atoms with Gasteiger partial charge >= 0.3 is 0 Å². The predicted octanol–water partition coefficient (Wildman–Crippen LogP) is 3.60. The SMILES string of the molecule is Cc1c(NC(=O)C2(S(=O)(=O)c3ccccc3)CC2)cccc1-c1ncco1. The highest BCUT2D eigenvalue weighted by atomic mass is 32.2. The Hall–Kier alpha value is -2.93. The van der Waals surface area contributed by atoms with E-state index in [1.807, 2.05) is 13.0 Å². The summed E-state index contributed by atoms with van der Waals surface area (Å²) >= 11 is 0. The second-order valence-corrected chi connectivity index (χ2v) is 8.84. The molecule has 27 heavy (non-hydrogen) atoms. The molecule has 138 valence electrons. The first-order valence-corrected chi connectivity index (χ1v) is 10.0. The fourth-order valence-electron chi connectivity index (χ4n) is 3.15. The zero-order chi connectivity index (χ0) is 19.1. The molecule has 1 aliphatic rings. The van der Waals surface area contributed by atoms with Crippen LogP contribution in [0.4, 0.5) is 5.69 Å². The van der Waals surface area contributed by atoms with E-state index < -0.39 is 20.5 Å². The minimum atomic E-state index is -3.76. The van der Waals surface area contributed by atoms with Gasteiger partial charge in [0, 0.05) is 11.3 Å². The van der Waals surface area contributed by atoms with Crippen LogP contribution >= 0.6 is 0 Å². The van der Waals surface area contributed by atoms with Gasteiger partial charge in [0.2, 0.25) is 11.8 Å². The van der Waals surface area contributed by atoms with E-state index in [0.29, 0.717) is 24.4 Å². The average Bonchev–Trinajstić information content (AvgIpc) is 3.34. The number of benzene rings is 2. The van der Waals surface area contributed by atoms with Gasteiger partial charge in [-0.2, -0.15) is 0 Å².